The third-order valence-electron chi connectivity index (χ3n) is 4.67. The van der Waals surface area contributed by atoms with Gasteiger partial charge in [-0.05, 0) is 50.1 Å². The molecule has 0 fully saturated rings. The lowest BCUT2D eigenvalue weighted by atomic mass is 10.2. The van der Waals surface area contributed by atoms with Crippen molar-refractivity contribution in [3.63, 3.8) is 0 Å². The first kappa shape index (κ1) is 21.0. The lowest BCUT2D eigenvalue weighted by Crippen LogP contribution is -2.46. The molecule has 0 radical (unpaired) electrons. The molecule has 2 aromatic rings. The normalized spacial score (nSPS) is 13.7. The molecule has 3 amide bonds. The quantitative estimate of drug-likeness (QED) is 0.705. The Morgan fingerprint density at radius 3 is 2.48 bits per heavy atom. The number of imide groups is 1. The van der Waals surface area contributed by atoms with E-state index in [4.69, 9.17) is 9.47 Å². The minimum atomic E-state index is -0.587. The fourth-order valence-electron chi connectivity index (χ4n) is 2.86. The van der Waals surface area contributed by atoms with Crippen LogP contribution in [0.25, 0.3) is 0 Å². The molecule has 0 aliphatic carbocycles. The number of rotatable bonds is 6. The number of benzene rings is 2. The predicted molar refractivity (Wildman–Crippen MR) is 114 cm³/mol. The van der Waals surface area contributed by atoms with Crippen molar-refractivity contribution in [3.05, 3.63) is 48.0 Å². The molecule has 154 valence electrons. The van der Waals surface area contributed by atoms with Crippen LogP contribution in [0.4, 0.5) is 10.5 Å². The third kappa shape index (κ3) is 5.65. The second kappa shape index (κ2) is 9.67. The van der Waals surface area contributed by atoms with Gasteiger partial charge in [0.2, 0.25) is 5.91 Å². The number of anilines is 1. The van der Waals surface area contributed by atoms with E-state index < -0.39 is 12.1 Å². The summed E-state index contributed by atoms with van der Waals surface area (Å²) in [5.74, 6) is 0.836. The zero-order valence-corrected chi connectivity index (χ0v) is 17.5. The van der Waals surface area contributed by atoms with Crippen molar-refractivity contribution >= 4 is 29.4 Å². The average molecular weight is 416 g/mol. The summed E-state index contributed by atoms with van der Waals surface area (Å²) in [6.07, 6.45) is 2.03. The average Bonchev–Trinajstić information content (AvgIpc) is 2.73. The van der Waals surface area contributed by atoms with Crippen molar-refractivity contribution in [2.45, 2.75) is 24.4 Å². The molecular formula is C21H25N3O4S. The van der Waals surface area contributed by atoms with E-state index in [1.807, 2.05) is 30.3 Å². The van der Waals surface area contributed by atoms with Crippen molar-refractivity contribution in [1.29, 1.82) is 0 Å². The minimum Gasteiger partial charge on any atom is -0.486 e. The molecule has 0 spiro atoms. The van der Waals surface area contributed by atoms with Gasteiger partial charge in [0.1, 0.15) is 13.2 Å². The summed E-state index contributed by atoms with van der Waals surface area (Å²) in [5, 5.41) is 5.04. The Bertz CT molecular complexity index is 873. The van der Waals surface area contributed by atoms with Gasteiger partial charge in [0.15, 0.2) is 11.5 Å². The van der Waals surface area contributed by atoms with Crippen LogP contribution in [-0.4, -0.2) is 49.4 Å². The standard InChI is InChI=1S/C21H25N3O4S/c1-14(24(2)13-15-4-7-17(29-3)8-5-15)20(25)23-21(26)22-16-6-9-18-19(12-16)28-11-10-27-18/h4-9,12,14H,10-11,13H2,1-3H3,(H2,22,23,25,26)/t14-/m0/s1. The van der Waals surface area contributed by atoms with Crippen molar-refractivity contribution in [3.8, 4) is 11.5 Å². The van der Waals surface area contributed by atoms with Gasteiger partial charge in [-0.1, -0.05) is 12.1 Å². The number of thioether (sulfide) groups is 1. The molecule has 0 unspecified atom stereocenters. The molecule has 8 heteroatoms. The summed E-state index contributed by atoms with van der Waals surface area (Å²) in [6.45, 7) is 3.34. The molecule has 0 saturated carbocycles. The molecule has 1 aliphatic rings. The molecular weight excluding hydrogens is 390 g/mol. The monoisotopic (exact) mass is 415 g/mol. The Morgan fingerprint density at radius 1 is 1.10 bits per heavy atom. The molecule has 0 bridgehead atoms. The lowest BCUT2D eigenvalue weighted by Gasteiger charge is -2.24. The molecule has 0 saturated heterocycles. The van der Waals surface area contributed by atoms with Gasteiger partial charge >= 0.3 is 6.03 Å². The van der Waals surface area contributed by atoms with Crippen LogP contribution >= 0.6 is 11.8 Å². The zero-order valence-electron chi connectivity index (χ0n) is 16.7. The SMILES string of the molecule is CSc1ccc(CN(C)[C@@H](C)C(=O)NC(=O)Nc2ccc3c(c2)OCCO3)cc1. The van der Waals surface area contributed by atoms with Gasteiger partial charge in [-0.25, -0.2) is 4.79 Å². The molecule has 0 aromatic heterocycles. The van der Waals surface area contributed by atoms with Gasteiger partial charge in [0.05, 0.1) is 6.04 Å². The molecule has 3 rings (SSSR count). The summed E-state index contributed by atoms with van der Waals surface area (Å²) in [5.41, 5.74) is 1.63. The first-order valence-corrected chi connectivity index (χ1v) is 10.5. The summed E-state index contributed by atoms with van der Waals surface area (Å²) in [6, 6.07) is 12.2. The lowest BCUT2D eigenvalue weighted by molar-refractivity contribution is -0.124. The first-order valence-electron chi connectivity index (χ1n) is 9.31. The number of nitrogens with one attached hydrogen (secondary N) is 2. The maximum Gasteiger partial charge on any atom is 0.325 e. The van der Waals surface area contributed by atoms with E-state index in [-0.39, 0.29) is 5.91 Å². The van der Waals surface area contributed by atoms with Crippen LogP contribution in [0.1, 0.15) is 12.5 Å². The number of urea groups is 1. The van der Waals surface area contributed by atoms with Crippen LogP contribution in [-0.2, 0) is 11.3 Å². The Labute approximate surface area is 174 Å². The molecule has 1 heterocycles. The van der Waals surface area contributed by atoms with Gasteiger partial charge in [-0.15, -0.1) is 11.8 Å². The smallest absolute Gasteiger partial charge is 0.325 e. The van der Waals surface area contributed by atoms with Gasteiger partial charge in [-0.3, -0.25) is 15.0 Å². The number of hydrogen-bond acceptors (Lipinski definition) is 6. The van der Waals surface area contributed by atoms with Gasteiger partial charge in [0.25, 0.3) is 0 Å². The number of amides is 3. The summed E-state index contributed by atoms with van der Waals surface area (Å²) in [7, 11) is 1.85. The fraction of sp³-hybridized carbons (Fsp3) is 0.333. The first-order chi connectivity index (χ1) is 14.0. The summed E-state index contributed by atoms with van der Waals surface area (Å²) < 4.78 is 10.9. The van der Waals surface area contributed by atoms with Crippen LogP contribution in [0, 0.1) is 0 Å². The van der Waals surface area contributed by atoms with Crippen LogP contribution in [0.3, 0.4) is 0 Å². The van der Waals surface area contributed by atoms with E-state index in [9.17, 15) is 9.59 Å². The number of nitrogens with zero attached hydrogens (tertiary/aromatic N) is 1. The number of likely N-dealkylation sites (N-methyl/N-ethyl adjacent to an activating group) is 1. The molecule has 2 N–H and O–H groups in total. The number of fused-ring (bicyclic) bond motifs is 1. The Hall–Kier alpha value is -2.71. The molecule has 1 atom stereocenters. The number of hydrogen-bond donors (Lipinski definition) is 2. The van der Waals surface area contributed by atoms with E-state index in [1.54, 1.807) is 36.9 Å². The Kier molecular flexibility index (Phi) is 7.00. The van der Waals surface area contributed by atoms with Crippen LogP contribution in [0.15, 0.2) is 47.4 Å². The van der Waals surface area contributed by atoms with E-state index in [2.05, 4.69) is 22.8 Å². The highest BCUT2D eigenvalue weighted by Crippen LogP contribution is 2.32. The maximum atomic E-state index is 12.4. The highest BCUT2D eigenvalue weighted by molar-refractivity contribution is 7.98. The molecule has 2 aromatic carbocycles. The van der Waals surface area contributed by atoms with Gasteiger partial charge in [0, 0.05) is 23.2 Å². The van der Waals surface area contributed by atoms with Crippen LogP contribution < -0.4 is 20.1 Å². The number of carbonyl (C=O) groups is 2. The van der Waals surface area contributed by atoms with Crippen molar-refractivity contribution in [2.24, 2.45) is 0 Å². The molecule has 7 nitrogen and oxygen atoms in total. The van der Waals surface area contributed by atoms with E-state index >= 15 is 0 Å². The zero-order chi connectivity index (χ0) is 20.8. The third-order valence-corrected chi connectivity index (χ3v) is 5.41. The van der Waals surface area contributed by atoms with Gasteiger partial charge < -0.3 is 14.8 Å². The van der Waals surface area contributed by atoms with Crippen LogP contribution in [0.5, 0.6) is 11.5 Å². The van der Waals surface area contributed by atoms with E-state index in [1.165, 1.54) is 4.90 Å². The van der Waals surface area contributed by atoms with Crippen LogP contribution in [0.2, 0.25) is 0 Å². The van der Waals surface area contributed by atoms with E-state index in [0.717, 1.165) is 5.56 Å². The Balaban J connectivity index is 1.52. The number of carbonyl (C=O) groups excluding carboxylic acids is 2. The minimum absolute atomic E-state index is 0.372. The largest absolute Gasteiger partial charge is 0.486 e. The van der Waals surface area contributed by atoms with Crippen molar-refractivity contribution in [1.82, 2.24) is 10.2 Å². The van der Waals surface area contributed by atoms with Crippen molar-refractivity contribution in [2.75, 3.05) is 31.8 Å². The summed E-state index contributed by atoms with van der Waals surface area (Å²) >= 11 is 1.69. The van der Waals surface area contributed by atoms with E-state index in [0.29, 0.717) is 36.9 Å². The van der Waals surface area contributed by atoms with Gasteiger partial charge in [-0.2, -0.15) is 0 Å². The fourth-order valence-corrected chi connectivity index (χ4v) is 3.26. The molecule has 29 heavy (non-hydrogen) atoms. The topological polar surface area (TPSA) is 79.9 Å². The second-order valence-electron chi connectivity index (χ2n) is 6.74. The number of ether oxygens (including phenoxy) is 2. The maximum absolute atomic E-state index is 12.4. The highest BCUT2D eigenvalue weighted by Gasteiger charge is 2.21. The highest BCUT2D eigenvalue weighted by atomic mass is 32.2. The second-order valence-corrected chi connectivity index (χ2v) is 7.62. The van der Waals surface area contributed by atoms with Crippen molar-refractivity contribution < 1.29 is 19.1 Å². The molecule has 1 aliphatic heterocycles. The summed E-state index contributed by atoms with van der Waals surface area (Å²) in [4.78, 5) is 27.7. The predicted octanol–water partition coefficient (Wildman–Crippen LogP) is 3.35. The Morgan fingerprint density at radius 2 is 1.79 bits per heavy atom.